The Hall–Kier alpha value is -0.570. The average Bonchev–Trinajstić information content (AvgIpc) is 2.60. The van der Waals surface area contributed by atoms with Crippen molar-refractivity contribution in [2.75, 3.05) is 6.61 Å². The average molecular weight is 185 g/mol. The van der Waals surface area contributed by atoms with Crippen LogP contribution in [-0.4, -0.2) is 23.7 Å². The third-order valence-electron chi connectivity index (χ3n) is 2.78. The molecular weight excluding hydrogens is 166 g/mol. The second kappa shape index (κ2) is 3.66. The number of carbonyl (C=O) groups excluding carboxylic acids is 1. The van der Waals surface area contributed by atoms with Gasteiger partial charge in [-0.3, -0.25) is 4.79 Å². The van der Waals surface area contributed by atoms with Gasteiger partial charge in [0.15, 0.2) is 0 Å². The zero-order chi connectivity index (χ0) is 10.1. The van der Waals surface area contributed by atoms with Crippen LogP contribution < -0.4 is 5.32 Å². The van der Waals surface area contributed by atoms with Crippen molar-refractivity contribution < 1.29 is 9.90 Å². The summed E-state index contributed by atoms with van der Waals surface area (Å²) in [5, 5.41) is 11.6. The van der Waals surface area contributed by atoms with Gasteiger partial charge in [-0.05, 0) is 25.2 Å². The Balaban J connectivity index is 2.27. The van der Waals surface area contributed by atoms with Crippen LogP contribution in [0.2, 0.25) is 0 Å². The van der Waals surface area contributed by atoms with Gasteiger partial charge in [0.1, 0.15) is 0 Å². The molecular formula is C10H19NO2. The van der Waals surface area contributed by atoms with Gasteiger partial charge in [-0.1, -0.05) is 13.8 Å². The minimum atomic E-state index is 0.0916. The van der Waals surface area contributed by atoms with Crippen LogP contribution in [0.3, 0.4) is 0 Å². The predicted octanol–water partition coefficient (Wildman–Crippen LogP) is 0.920. The highest BCUT2D eigenvalue weighted by atomic mass is 16.3. The first-order valence-corrected chi connectivity index (χ1v) is 4.88. The molecule has 1 rings (SSSR count). The zero-order valence-electron chi connectivity index (χ0n) is 8.63. The Labute approximate surface area is 79.5 Å². The summed E-state index contributed by atoms with van der Waals surface area (Å²) in [6.45, 7) is 6.26. The molecule has 0 heterocycles. The highest BCUT2D eigenvalue weighted by Crippen LogP contribution is 2.51. The summed E-state index contributed by atoms with van der Waals surface area (Å²) in [6.07, 6.45) is 1.63. The number of carbonyl (C=O) groups is 1. The van der Waals surface area contributed by atoms with Crippen molar-refractivity contribution in [1.29, 1.82) is 0 Å². The molecule has 0 radical (unpaired) electrons. The molecule has 1 saturated carbocycles. The number of rotatable bonds is 4. The molecule has 1 amide bonds. The maximum Gasteiger partial charge on any atom is 0.223 e. The SMILES string of the molecule is CC(CCO)NC(=O)C1CC1(C)C. The third kappa shape index (κ3) is 2.69. The van der Waals surface area contributed by atoms with E-state index in [2.05, 4.69) is 19.2 Å². The van der Waals surface area contributed by atoms with Crippen molar-refractivity contribution >= 4 is 5.91 Å². The zero-order valence-corrected chi connectivity index (χ0v) is 8.63. The van der Waals surface area contributed by atoms with Crippen LogP contribution in [-0.2, 0) is 4.79 Å². The van der Waals surface area contributed by atoms with E-state index in [4.69, 9.17) is 5.11 Å². The second-order valence-corrected chi connectivity index (χ2v) is 4.67. The van der Waals surface area contributed by atoms with E-state index >= 15 is 0 Å². The maximum absolute atomic E-state index is 11.5. The molecule has 3 nitrogen and oxygen atoms in total. The number of hydrogen-bond donors (Lipinski definition) is 2. The van der Waals surface area contributed by atoms with Crippen molar-refractivity contribution in [3.8, 4) is 0 Å². The fourth-order valence-corrected chi connectivity index (χ4v) is 1.52. The van der Waals surface area contributed by atoms with E-state index in [1.165, 1.54) is 0 Å². The minimum Gasteiger partial charge on any atom is -0.396 e. The van der Waals surface area contributed by atoms with E-state index in [0.29, 0.717) is 6.42 Å². The summed E-state index contributed by atoms with van der Waals surface area (Å²) in [7, 11) is 0. The number of nitrogens with one attached hydrogen (secondary N) is 1. The van der Waals surface area contributed by atoms with Crippen molar-refractivity contribution in [1.82, 2.24) is 5.32 Å². The molecule has 0 aromatic rings. The third-order valence-corrected chi connectivity index (χ3v) is 2.78. The Kier molecular flexibility index (Phi) is 2.96. The quantitative estimate of drug-likeness (QED) is 0.684. The van der Waals surface area contributed by atoms with Crippen molar-refractivity contribution in [3.63, 3.8) is 0 Å². The highest BCUT2D eigenvalue weighted by Gasteiger charge is 2.50. The van der Waals surface area contributed by atoms with Gasteiger partial charge in [0, 0.05) is 18.6 Å². The van der Waals surface area contributed by atoms with E-state index in [-0.39, 0.29) is 29.9 Å². The van der Waals surface area contributed by atoms with Gasteiger partial charge in [0.25, 0.3) is 0 Å². The molecule has 0 spiro atoms. The van der Waals surface area contributed by atoms with Gasteiger partial charge in [-0.2, -0.15) is 0 Å². The fourth-order valence-electron chi connectivity index (χ4n) is 1.52. The molecule has 0 aromatic carbocycles. The monoisotopic (exact) mass is 185 g/mol. The Morgan fingerprint density at radius 3 is 2.62 bits per heavy atom. The molecule has 2 atom stereocenters. The van der Waals surface area contributed by atoms with Crippen LogP contribution in [0.4, 0.5) is 0 Å². The summed E-state index contributed by atoms with van der Waals surface area (Å²) in [4.78, 5) is 11.5. The molecule has 1 aliphatic rings. The molecule has 2 N–H and O–H groups in total. The van der Waals surface area contributed by atoms with Crippen LogP contribution in [0.25, 0.3) is 0 Å². The molecule has 76 valence electrons. The standard InChI is InChI=1S/C10H19NO2/c1-7(4-5-12)11-9(13)8-6-10(8,2)3/h7-8,12H,4-6H2,1-3H3,(H,11,13). The molecule has 1 fully saturated rings. The van der Waals surface area contributed by atoms with E-state index in [9.17, 15) is 4.79 Å². The first kappa shape index (κ1) is 10.5. The number of aliphatic hydroxyl groups excluding tert-OH is 1. The van der Waals surface area contributed by atoms with Gasteiger partial charge in [0.05, 0.1) is 0 Å². The van der Waals surface area contributed by atoms with Gasteiger partial charge >= 0.3 is 0 Å². The van der Waals surface area contributed by atoms with E-state index in [0.717, 1.165) is 6.42 Å². The van der Waals surface area contributed by atoms with Gasteiger partial charge in [0.2, 0.25) is 5.91 Å². The second-order valence-electron chi connectivity index (χ2n) is 4.67. The molecule has 0 saturated heterocycles. The summed E-state index contributed by atoms with van der Waals surface area (Å²) < 4.78 is 0. The lowest BCUT2D eigenvalue weighted by atomic mass is 10.1. The molecule has 1 aliphatic carbocycles. The number of amides is 1. The van der Waals surface area contributed by atoms with Crippen molar-refractivity contribution in [2.45, 2.75) is 39.7 Å². The van der Waals surface area contributed by atoms with Crippen LogP contribution in [0.1, 0.15) is 33.6 Å². The summed E-state index contributed by atoms with van der Waals surface area (Å²) in [6, 6.07) is 0.0916. The van der Waals surface area contributed by atoms with Gasteiger partial charge < -0.3 is 10.4 Å². The molecule has 2 unspecified atom stereocenters. The molecule has 0 bridgehead atoms. The van der Waals surface area contributed by atoms with Crippen LogP contribution in [0, 0.1) is 11.3 Å². The van der Waals surface area contributed by atoms with E-state index < -0.39 is 0 Å². The van der Waals surface area contributed by atoms with Gasteiger partial charge in [-0.25, -0.2) is 0 Å². The Morgan fingerprint density at radius 2 is 2.23 bits per heavy atom. The normalized spacial score (nSPS) is 26.6. The molecule has 3 heteroatoms. The Morgan fingerprint density at radius 1 is 1.69 bits per heavy atom. The summed E-state index contributed by atoms with van der Waals surface area (Å²) in [5.74, 6) is 0.333. The highest BCUT2D eigenvalue weighted by molar-refractivity contribution is 5.82. The maximum atomic E-state index is 11.5. The van der Waals surface area contributed by atoms with Gasteiger partial charge in [-0.15, -0.1) is 0 Å². The topological polar surface area (TPSA) is 49.3 Å². The lowest BCUT2D eigenvalue weighted by Gasteiger charge is -2.12. The first-order valence-electron chi connectivity index (χ1n) is 4.88. The molecule has 13 heavy (non-hydrogen) atoms. The van der Waals surface area contributed by atoms with Crippen molar-refractivity contribution in [3.05, 3.63) is 0 Å². The van der Waals surface area contributed by atoms with E-state index in [1.54, 1.807) is 0 Å². The van der Waals surface area contributed by atoms with Crippen LogP contribution >= 0.6 is 0 Å². The van der Waals surface area contributed by atoms with E-state index in [1.807, 2.05) is 6.92 Å². The van der Waals surface area contributed by atoms with Crippen LogP contribution in [0.5, 0.6) is 0 Å². The smallest absolute Gasteiger partial charge is 0.223 e. The fraction of sp³-hybridized carbons (Fsp3) is 0.900. The largest absolute Gasteiger partial charge is 0.396 e. The minimum absolute atomic E-state index is 0.0916. The predicted molar refractivity (Wildman–Crippen MR) is 51.2 cm³/mol. The number of hydrogen-bond acceptors (Lipinski definition) is 2. The molecule has 0 aromatic heterocycles. The van der Waals surface area contributed by atoms with Crippen molar-refractivity contribution in [2.24, 2.45) is 11.3 Å². The van der Waals surface area contributed by atoms with Crippen LogP contribution in [0.15, 0.2) is 0 Å². The first-order chi connectivity index (χ1) is 5.97. The lowest BCUT2D eigenvalue weighted by Crippen LogP contribution is -2.35. The lowest BCUT2D eigenvalue weighted by molar-refractivity contribution is -0.123. The molecule has 0 aliphatic heterocycles. The number of aliphatic hydroxyl groups is 1. The summed E-state index contributed by atoms with van der Waals surface area (Å²) in [5.41, 5.74) is 0.197. The Bertz CT molecular complexity index is 201. The summed E-state index contributed by atoms with van der Waals surface area (Å²) >= 11 is 0.